The zero-order valence-electron chi connectivity index (χ0n) is 15.7. The lowest BCUT2D eigenvalue weighted by atomic mass is 10.1. The van der Waals surface area contributed by atoms with E-state index in [1.54, 1.807) is 28.0 Å². The van der Waals surface area contributed by atoms with Crippen LogP contribution in [0.25, 0.3) is 0 Å². The van der Waals surface area contributed by atoms with Crippen LogP contribution in [0.15, 0.2) is 61.2 Å². The second kappa shape index (κ2) is 8.22. The van der Waals surface area contributed by atoms with Crippen molar-refractivity contribution in [3.05, 3.63) is 78.1 Å². The van der Waals surface area contributed by atoms with Crippen LogP contribution in [0, 0.1) is 11.7 Å². The molecule has 1 aliphatic heterocycles. The Hall–Kier alpha value is -3.55. The fourth-order valence-corrected chi connectivity index (χ4v) is 3.35. The van der Waals surface area contributed by atoms with Crippen molar-refractivity contribution in [2.45, 2.75) is 19.5 Å². The van der Waals surface area contributed by atoms with E-state index in [1.807, 2.05) is 24.3 Å². The third-order valence-corrected chi connectivity index (χ3v) is 4.90. The Bertz CT molecular complexity index is 987. The van der Waals surface area contributed by atoms with Crippen molar-refractivity contribution in [2.75, 3.05) is 11.9 Å². The molecule has 0 unspecified atom stereocenters. The maximum absolute atomic E-state index is 13.0. The lowest BCUT2D eigenvalue weighted by Gasteiger charge is -2.16. The van der Waals surface area contributed by atoms with Gasteiger partial charge in [0.2, 0.25) is 11.8 Å². The molecule has 1 aliphatic rings. The molecule has 2 heterocycles. The molecule has 3 aromatic rings. The number of halogens is 1. The van der Waals surface area contributed by atoms with Crippen molar-refractivity contribution in [1.82, 2.24) is 19.7 Å². The van der Waals surface area contributed by atoms with Gasteiger partial charge in [0.1, 0.15) is 18.5 Å². The van der Waals surface area contributed by atoms with Crippen molar-refractivity contribution < 1.29 is 14.0 Å². The van der Waals surface area contributed by atoms with Crippen LogP contribution in [0.1, 0.15) is 17.5 Å². The normalized spacial score (nSPS) is 16.2. The van der Waals surface area contributed by atoms with Crippen LogP contribution in [0.3, 0.4) is 0 Å². The summed E-state index contributed by atoms with van der Waals surface area (Å²) in [5, 5.41) is 6.94. The minimum Gasteiger partial charge on any atom is -0.338 e. The fraction of sp³-hybridized carbons (Fsp3) is 0.238. The monoisotopic (exact) mass is 393 g/mol. The molecular weight excluding hydrogens is 373 g/mol. The van der Waals surface area contributed by atoms with Crippen LogP contribution in [0.2, 0.25) is 0 Å². The Morgan fingerprint density at radius 1 is 1.07 bits per heavy atom. The molecule has 0 spiro atoms. The lowest BCUT2D eigenvalue weighted by molar-refractivity contribution is -0.128. The summed E-state index contributed by atoms with van der Waals surface area (Å²) in [5.74, 6) is -0.967. The first-order valence-electron chi connectivity index (χ1n) is 9.31. The highest BCUT2D eigenvalue weighted by Gasteiger charge is 2.34. The molecule has 1 saturated heterocycles. The minimum atomic E-state index is -0.405. The molecule has 2 amide bonds. The Kier molecular flexibility index (Phi) is 5.33. The van der Waals surface area contributed by atoms with Gasteiger partial charge in [0.25, 0.3) is 0 Å². The first kappa shape index (κ1) is 18.8. The van der Waals surface area contributed by atoms with E-state index in [0.717, 1.165) is 11.1 Å². The highest BCUT2D eigenvalue weighted by atomic mass is 19.1. The Morgan fingerprint density at radius 3 is 2.45 bits per heavy atom. The Balaban J connectivity index is 1.32. The molecule has 2 aromatic carbocycles. The van der Waals surface area contributed by atoms with E-state index < -0.39 is 5.92 Å². The van der Waals surface area contributed by atoms with Gasteiger partial charge in [-0.3, -0.25) is 9.59 Å². The molecule has 4 rings (SSSR count). The van der Waals surface area contributed by atoms with E-state index in [4.69, 9.17) is 0 Å². The molecule has 0 bridgehead atoms. The van der Waals surface area contributed by atoms with E-state index in [-0.39, 0.29) is 24.1 Å². The van der Waals surface area contributed by atoms with E-state index in [1.165, 1.54) is 18.5 Å². The number of likely N-dealkylation sites (tertiary alicyclic amines) is 1. The van der Waals surface area contributed by atoms with Gasteiger partial charge in [-0.25, -0.2) is 14.1 Å². The van der Waals surface area contributed by atoms with Gasteiger partial charge in [-0.05, 0) is 35.4 Å². The van der Waals surface area contributed by atoms with Crippen LogP contribution < -0.4 is 5.32 Å². The number of carbonyl (C=O) groups is 2. The molecule has 8 heteroatoms. The number of benzene rings is 2. The summed E-state index contributed by atoms with van der Waals surface area (Å²) in [6.07, 6.45) is 3.30. The number of anilines is 1. The first-order chi connectivity index (χ1) is 14.1. The van der Waals surface area contributed by atoms with Gasteiger partial charge in [0.05, 0.1) is 12.5 Å². The standard InChI is InChI=1S/C21H20FN5O2/c22-18-5-1-15(2-6-18)10-26-12-17(9-20(26)28)21(29)25-19-7-3-16(4-8-19)11-27-14-23-13-24-27/h1-8,13-14,17H,9-12H2,(H,25,29)/t17-/m1/s1. The molecule has 7 nitrogen and oxygen atoms in total. The predicted octanol–water partition coefficient (Wildman–Crippen LogP) is 2.45. The van der Waals surface area contributed by atoms with Gasteiger partial charge in [-0.2, -0.15) is 5.10 Å². The number of amides is 2. The SMILES string of the molecule is O=C(Nc1ccc(Cn2cncn2)cc1)[C@@H]1CC(=O)N(Cc2ccc(F)cc2)C1. The maximum atomic E-state index is 13.0. The second-order valence-corrected chi connectivity index (χ2v) is 7.08. The number of nitrogens with zero attached hydrogens (tertiary/aromatic N) is 4. The van der Waals surface area contributed by atoms with Gasteiger partial charge in [-0.1, -0.05) is 24.3 Å². The Labute approximate surface area is 167 Å². The molecule has 148 valence electrons. The van der Waals surface area contributed by atoms with Crippen molar-refractivity contribution in [2.24, 2.45) is 5.92 Å². The number of hydrogen-bond acceptors (Lipinski definition) is 4. The number of carbonyl (C=O) groups excluding carboxylic acids is 2. The maximum Gasteiger partial charge on any atom is 0.229 e. The van der Waals surface area contributed by atoms with Crippen LogP contribution in [0.4, 0.5) is 10.1 Å². The average molecular weight is 393 g/mol. The summed E-state index contributed by atoms with van der Waals surface area (Å²) in [6, 6.07) is 13.5. The summed E-state index contributed by atoms with van der Waals surface area (Å²) in [7, 11) is 0. The highest BCUT2D eigenvalue weighted by Crippen LogP contribution is 2.22. The van der Waals surface area contributed by atoms with Crippen LogP contribution in [0.5, 0.6) is 0 Å². The average Bonchev–Trinajstić information content (AvgIpc) is 3.35. The fourth-order valence-electron chi connectivity index (χ4n) is 3.35. The molecule has 1 N–H and O–H groups in total. The third-order valence-electron chi connectivity index (χ3n) is 4.90. The van der Waals surface area contributed by atoms with E-state index in [2.05, 4.69) is 15.4 Å². The third kappa shape index (κ3) is 4.66. The van der Waals surface area contributed by atoms with Gasteiger partial charge in [0, 0.05) is 25.2 Å². The second-order valence-electron chi connectivity index (χ2n) is 7.08. The molecule has 0 saturated carbocycles. The van der Waals surface area contributed by atoms with Gasteiger partial charge in [0.15, 0.2) is 0 Å². The van der Waals surface area contributed by atoms with Crippen LogP contribution in [-0.2, 0) is 22.7 Å². The summed E-state index contributed by atoms with van der Waals surface area (Å²) in [4.78, 5) is 30.4. The van der Waals surface area contributed by atoms with Gasteiger partial charge in [-0.15, -0.1) is 0 Å². The molecule has 1 aromatic heterocycles. The minimum absolute atomic E-state index is 0.0716. The van der Waals surface area contributed by atoms with Crippen LogP contribution >= 0.6 is 0 Å². The number of hydrogen-bond donors (Lipinski definition) is 1. The van der Waals surface area contributed by atoms with Gasteiger partial charge < -0.3 is 10.2 Å². The van der Waals surface area contributed by atoms with Crippen molar-refractivity contribution in [1.29, 1.82) is 0 Å². The van der Waals surface area contributed by atoms with Gasteiger partial charge >= 0.3 is 0 Å². The predicted molar refractivity (Wildman–Crippen MR) is 104 cm³/mol. The highest BCUT2D eigenvalue weighted by molar-refractivity contribution is 5.97. The van der Waals surface area contributed by atoms with E-state index in [0.29, 0.717) is 25.3 Å². The molecule has 1 fully saturated rings. The smallest absolute Gasteiger partial charge is 0.229 e. The number of aromatic nitrogens is 3. The molecular formula is C21H20FN5O2. The van der Waals surface area contributed by atoms with E-state index >= 15 is 0 Å². The van der Waals surface area contributed by atoms with Crippen molar-refractivity contribution in [3.8, 4) is 0 Å². The topological polar surface area (TPSA) is 80.1 Å². The molecule has 1 atom stereocenters. The van der Waals surface area contributed by atoms with Crippen molar-refractivity contribution in [3.63, 3.8) is 0 Å². The quantitative estimate of drug-likeness (QED) is 0.698. The zero-order chi connectivity index (χ0) is 20.2. The summed E-state index contributed by atoms with van der Waals surface area (Å²) in [5.41, 5.74) is 2.56. The largest absolute Gasteiger partial charge is 0.338 e. The van der Waals surface area contributed by atoms with Crippen molar-refractivity contribution >= 4 is 17.5 Å². The summed E-state index contributed by atoms with van der Waals surface area (Å²) in [6.45, 7) is 1.33. The molecule has 0 aliphatic carbocycles. The van der Waals surface area contributed by atoms with Crippen LogP contribution in [-0.4, -0.2) is 38.0 Å². The van der Waals surface area contributed by atoms with E-state index in [9.17, 15) is 14.0 Å². The molecule has 0 radical (unpaired) electrons. The number of rotatable bonds is 6. The zero-order valence-corrected chi connectivity index (χ0v) is 15.7. The Morgan fingerprint density at radius 2 is 1.76 bits per heavy atom. The first-order valence-corrected chi connectivity index (χ1v) is 9.31. The lowest BCUT2D eigenvalue weighted by Crippen LogP contribution is -2.28. The summed E-state index contributed by atoms with van der Waals surface area (Å²) >= 11 is 0. The summed E-state index contributed by atoms with van der Waals surface area (Å²) < 4.78 is 14.7. The number of nitrogens with one attached hydrogen (secondary N) is 1. The molecule has 29 heavy (non-hydrogen) atoms.